The second kappa shape index (κ2) is 7.70. The quantitative estimate of drug-likeness (QED) is 0.710. The van der Waals surface area contributed by atoms with E-state index in [9.17, 15) is 9.59 Å². The summed E-state index contributed by atoms with van der Waals surface area (Å²) in [4.78, 5) is 23.6. The van der Waals surface area contributed by atoms with E-state index in [1.807, 2.05) is 67.6 Å². The summed E-state index contributed by atoms with van der Waals surface area (Å²) in [6.45, 7) is 1.93. The zero-order chi connectivity index (χ0) is 18.5. The van der Waals surface area contributed by atoms with Crippen molar-refractivity contribution in [3.63, 3.8) is 0 Å². The average Bonchev–Trinajstić information content (AvgIpc) is 3.03. The van der Waals surface area contributed by atoms with Gasteiger partial charge in [-0.05, 0) is 31.2 Å². The smallest absolute Gasteiger partial charge is 0.303 e. The summed E-state index contributed by atoms with van der Waals surface area (Å²) < 4.78 is 1.68. The maximum absolute atomic E-state index is 12.7. The van der Waals surface area contributed by atoms with Crippen LogP contribution in [0.5, 0.6) is 0 Å². The molecule has 5 heteroatoms. The van der Waals surface area contributed by atoms with Crippen molar-refractivity contribution in [3.8, 4) is 11.3 Å². The lowest BCUT2D eigenvalue weighted by Crippen LogP contribution is -2.25. The van der Waals surface area contributed by atoms with Gasteiger partial charge in [-0.3, -0.25) is 19.7 Å². The third kappa shape index (κ3) is 4.00. The Morgan fingerprint density at radius 3 is 2.46 bits per heavy atom. The molecule has 0 aliphatic heterocycles. The average molecular weight is 348 g/mol. The summed E-state index contributed by atoms with van der Waals surface area (Å²) in [5.41, 5.74) is 6.96. The second-order valence-electron chi connectivity index (χ2n) is 6.12. The number of benzene rings is 2. The molecule has 5 nitrogen and oxygen atoms in total. The predicted octanol–water partition coefficient (Wildman–Crippen LogP) is 3.86. The zero-order valence-electron chi connectivity index (χ0n) is 14.5. The highest BCUT2D eigenvalue weighted by Gasteiger charge is 2.14. The summed E-state index contributed by atoms with van der Waals surface area (Å²) in [5, 5.41) is 8.98. The van der Waals surface area contributed by atoms with Gasteiger partial charge in [0.1, 0.15) is 0 Å². The number of carboxylic acid groups (broad SMARTS) is 1. The number of aliphatic carboxylic acids is 1. The maximum Gasteiger partial charge on any atom is 0.303 e. The van der Waals surface area contributed by atoms with Crippen molar-refractivity contribution in [1.29, 1.82) is 0 Å². The van der Waals surface area contributed by atoms with Gasteiger partial charge in [0.2, 0.25) is 0 Å². The molecular formula is C21H20N2O3. The number of carboxylic acids is 1. The van der Waals surface area contributed by atoms with Crippen LogP contribution in [-0.2, 0) is 11.2 Å². The number of nitrogens with one attached hydrogen (secondary N) is 1. The Kier molecular flexibility index (Phi) is 5.17. The summed E-state index contributed by atoms with van der Waals surface area (Å²) in [5.74, 6) is -1.11. The first-order valence-corrected chi connectivity index (χ1v) is 8.40. The minimum atomic E-state index is -0.871. The monoisotopic (exact) mass is 348 g/mol. The second-order valence-corrected chi connectivity index (χ2v) is 6.12. The van der Waals surface area contributed by atoms with Crippen molar-refractivity contribution >= 4 is 11.9 Å². The Bertz CT molecular complexity index is 929. The first-order chi connectivity index (χ1) is 12.5. The summed E-state index contributed by atoms with van der Waals surface area (Å²) in [7, 11) is 0. The van der Waals surface area contributed by atoms with Crippen LogP contribution >= 0.6 is 0 Å². The molecule has 0 radical (unpaired) electrons. The lowest BCUT2D eigenvalue weighted by molar-refractivity contribution is -0.136. The van der Waals surface area contributed by atoms with Crippen molar-refractivity contribution < 1.29 is 14.7 Å². The molecule has 0 aliphatic carbocycles. The van der Waals surface area contributed by atoms with Crippen molar-refractivity contribution in [2.45, 2.75) is 19.8 Å². The molecule has 0 aliphatic rings. The lowest BCUT2D eigenvalue weighted by atomic mass is 10.1. The topological polar surface area (TPSA) is 71.3 Å². The lowest BCUT2D eigenvalue weighted by Gasteiger charge is -2.15. The van der Waals surface area contributed by atoms with Gasteiger partial charge in [-0.1, -0.05) is 48.0 Å². The molecule has 0 fully saturated rings. The first-order valence-electron chi connectivity index (χ1n) is 8.40. The number of aromatic nitrogens is 1. The Morgan fingerprint density at radius 1 is 1.00 bits per heavy atom. The van der Waals surface area contributed by atoms with Crippen LogP contribution in [0, 0.1) is 6.92 Å². The first kappa shape index (κ1) is 17.5. The van der Waals surface area contributed by atoms with Crippen LogP contribution in [0.4, 0.5) is 0 Å². The van der Waals surface area contributed by atoms with Gasteiger partial charge in [0.25, 0.3) is 5.91 Å². The normalized spacial score (nSPS) is 10.5. The highest BCUT2D eigenvalue weighted by molar-refractivity contribution is 6.00. The van der Waals surface area contributed by atoms with E-state index in [0.29, 0.717) is 12.0 Å². The molecule has 1 aromatic heterocycles. The SMILES string of the molecule is Cc1cccc(C(=O)Nn2c(CCC(=O)O)ccc2-c2ccccc2)c1. The molecule has 3 aromatic rings. The van der Waals surface area contributed by atoms with E-state index >= 15 is 0 Å². The number of amides is 1. The van der Waals surface area contributed by atoms with Gasteiger partial charge in [0, 0.05) is 23.2 Å². The van der Waals surface area contributed by atoms with Gasteiger partial charge in [-0.2, -0.15) is 0 Å². The molecule has 0 atom stereocenters. The number of hydrogen-bond acceptors (Lipinski definition) is 2. The number of hydrogen-bond donors (Lipinski definition) is 2. The molecule has 3 rings (SSSR count). The number of rotatable bonds is 6. The third-order valence-electron chi connectivity index (χ3n) is 4.12. The van der Waals surface area contributed by atoms with E-state index in [2.05, 4.69) is 5.43 Å². The van der Waals surface area contributed by atoms with Crippen LogP contribution in [0.1, 0.15) is 28.0 Å². The fourth-order valence-corrected chi connectivity index (χ4v) is 2.83. The number of carbonyl (C=O) groups is 2. The zero-order valence-corrected chi connectivity index (χ0v) is 14.5. The molecule has 132 valence electrons. The van der Waals surface area contributed by atoms with Crippen LogP contribution in [0.3, 0.4) is 0 Å². The maximum atomic E-state index is 12.7. The molecule has 0 saturated carbocycles. The summed E-state index contributed by atoms with van der Waals surface area (Å²) in [6, 6.07) is 20.7. The van der Waals surface area contributed by atoms with E-state index in [1.54, 1.807) is 10.7 Å². The highest BCUT2D eigenvalue weighted by atomic mass is 16.4. The number of nitrogens with zero attached hydrogens (tertiary/aromatic N) is 1. The van der Waals surface area contributed by atoms with Crippen LogP contribution in [0.2, 0.25) is 0 Å². The van der Waals surface area contributed by atoms with Gasteiger partial charge in [-0.25, -0.2) is 0 Å². The van der Waals surface area contributed by atoms with E-state index < -0.39 is 5.97 Å². The van der Waals surface area contributed by atoms with E-state index in [-0.39, 0.29) is 12.3 Å². The third-order valence-corrected chi connectivity index (χ3v) is 4.12. The molecule has 26 heavy (non-hydrogen) atoms. The highest BCUT2D eigenvalue weighted by Crippen LogP contribution is 2.22. The van der Waals surface area contributed by atoms with Crippen molar-refractivity contribution in [1.82, 2.24) is 4.68 Å². The summed E-state index contributed by atoms with van der Waals surface area (Å²) >= 11 is 0. The Hall–Kier alpha value is -3.34. The molecule has 2 aromatic carbocycles. The van der Waals surface area contributed by atoms with Gasteiger partial charge in [-0.15, -0.1) is 0 Å². The number of carbonyl (C=O) groups excluding carboxylic acids is 1. The largest absolute Gasteiger partial charge is 0.481 e. The predicted molar refractivity (Wildman–Crippen MR) is 101 cm³/mol. The Labute approximate surface area is 151 Å². The van der Waals surface area contributed by atoms with Gasteiger partial charge < -0.3 is 5.11 Å². The molecular weight excluding hydrogens is 328 g/mol. The van der Waals surface area contributed by atoms with E-state index in [0.717, 1.165) is 22.5 Å². The molecule has 0 bridgehead atoms. The van der Waals surface area contributed by atoms with Gasteiger partial charge in [0.05, 0.1) is 12.1 Å². The van der Waals surface area contributed by atoms with Gasteiger partial charge in [0.15, 0.2) is 0 Å². The standard InChI is InChI=1S/C21H20N2O3/c1-15-6-5-9-17(14-15)21(26)22-23-18(11-13-20(24)25)10-12-19(23)16-7-3-2-4-8-16/h2-10,12,14H,11,13H2,1H3,(H,22,26)(H,24,25). The van der Waals surface area contributed by atoms with Crippen LogP contribution in [0.25, 0.3) is 11.3 Å². The van der Waals surface area contributed by atoms with Crippen LogP contribution in [-0.4, -0.2) is 21.7 Å². The van der Waals surface area contributed by atoms with Crippen molar-refractivity contribution in [2.24, 2.45) is 0 Å². The van der Waals surface area contributed by atoms with Gasteiger partial charge >= 0.3 is 5.97 Å². The van der Waals surface area contributed by atoms with E-state index in [1.165, 1.54) is 0 Å². The van der Waals surface area contributed by atoms with Crippen LogP contribution in [0.15, 0.2) is 66.7 Å². The number of aryl methyl sites for hydroxylation is 2. The molecule has 0 unspecified atom stereocenters. The Balaban J connectivity index is 1.95. The molecule has 1 heterocycles. The Morgan fingerprint density at radius 2 is 1.77 bits per heavy atom. The fourth-order valence-electron chi connectivity index (χ4n) is 2.83. The van der Waals surface area contributed by atoms with Crippen molar-refractivity contribution in [2.75, 3.05) is 5.43 Å². The molecule has 2 N–H and O–H groups in total. The molecule has 1 amide bonds. The minimum absolute atomic E-state index is 0.00143. The minimum Gasteiger partial charge on any atom is -0.481 e. The summed E-state index contributed by atoms with van der Waals surface area (Å²) in [6.07, 6.45) is 0.328. The van der Waals surface area contributed by atoms with Crippen LogP contribution < -0.4 is 5.43 Å². The van der Waals surface area contributed by atoms with Crippen molar-refractivity contribution in [3.05, 3.63) is 83.6 Å². The molecule has 0 spiro atoms. The molecule has 0 saturated heterocycles. The fraction of sp³-hybridized carbons (Fsp3) is 0.143. The van der Waals surface area contributed by atoms with E-state index in [4.69, 9.17) is 5.11 Å².